The first-order chi connectivity index (χ1) is 6.15. The first-order valence-corrected chi connectivity index (χ1v) is 4.65. The second-order valence-corrected chi connectivity index (χ2v) is 3.62. The van der Waals surface area contributed by atoms with Crippen LogP contribution in [0.3, 0.4) is 0 Å². The number of esters is 1. The van der Waals surface area contributed by atoms with E-state index in [4.69, 9.17) is 4.74 Å². The Morgan fingerprint density at radius 3 is 3.08 bits per heavy atom. The summed E-state index contributed by atoms with van der Waals surface area (Å²) in [6.07, 6.45) is 6.17. The fourth-order valence-corrected chi connectivity index (χ4v) is 1.65. The van der Waals surface area contributed by atoms with E-state index in [1.54, 1.807) is 0 Å². The van der Waals surface area contributed by atoms with Gasteiger partial charge < -0.3 is 4.74 Å². The van der Waals surface area contributed by atoms with Crippen LogP contribution in [0.4, 0.5) is 0 Å². The van der Waals surface area contributed by atoms with Crippen molar-refractivity contribution >= 4 is 5.97 Å². The lowest BCUT2D eigenvalue weighted by atomic mass is 9.89. The van der Waals surface area contributed by atoms with Gasteiger partial charge >= 0.3 is 5.97 Å². The summed E-state index contributed by atoms with van der Waals surface area (Å²) >= 11 is 0. The molecule has 0 amide bonds. The maximum atomic E-state index is 11.0. The quantitative estimate of drug-likeness (QED) is 0.492. The van der Waals surface area contributed by atoms with Gasteiger partial charge in [0.25, 0.3) is 0 Å². The molecule has 0 N–H and O–H groups in total. The molecule has 0 fully saturated rings. The zero-order chi connectivity index (χ0) is 9.84. The molecule has 1 aliphatic rings. The molecule has 0 aromatic heterocycles. The minimum Gasteiger partial charge on any atom is -0.458 e. The zero-order valence-corrected chi connectivity index (χ0v) is 8.19. The third-order valence-corrected chi connectivity index (χ3v) is 2.41. The molecule has 0 aliphatic carbocycles. The predicted molar refractivity (Wildman–Crippen MR) is 52.2 cm³/mol. The molecular weight excluding hydrogens is 164 g/mol. The molecule has 0 bridgehead atoms. The van der Waals surface area contributed by atoms with E-state index in [0.29, 0.717) is 11.8 Å². The Kier molecular flexibility index (Phi) is 3.29. The Labute approximate surface area is 79.3 Å². The number of carbonyl (C=O) groups excluding carboxylic acids is 1. The Morgan fingerprint density at radius 1 is 1.77 bits per heavy atom. The highest BCUT2D eigenvalue weighted by Gasteiger charge is 2.27. The van der Waals surface area contributed by atoms with Crippen molar-refractivity contribution in [1.82, 2.24) is 0 Å². The van der Waals surface area contributed by atoms with Gasteiger partial charge in [-0.3, -0.25) is 0 Å². The maximum Gasteiger partial charge on any atom is 0.330 e. The van der Waals surface area contributed by atoms with Gasteiger partial charge in [-0.25, -0.2) is 4.79 Å². The van der Waals surface area contributed by atoms with Crippen molar-refractivity contribution in [2.24, 2.45) is 11.8 Å². The van der Waals surface area contributed by atoms with E-state index in [1.165, 1.54) is 6.08 Å². The molecule has 1 rings (SSSR count). The van der Waals surface area contributed by atoms with Crippen molar-refractivity contribution in [3.63, 3.8) is 0 Å². The van der Waals surface area contributed by atoms with Gasteiger partial charge in [0.2, 0.25) is 0 Å². The van der Waals surface area contributed by atoms with Crippen LogP contribution in [0.2, 0.25) is 0 Å². The lowest BCUT2D eigenvalue weighted by Gasteiger charge is -2.29. The zero-order valence-electron chi connectivity index (χ0n) is 8.19. The van der Waals surface area contributed by atoms with E-state index >= 15 is 0 Å². The number of allylic oxidation sites excluding steroid dienone is 1. The van der Waals surface area contributed by atoms with E-state index in [-0.39, 0.29) is 12.1 Å². The summed E-state index contributed by atoms with van der Waals surface area (Å²) < 4.78 is 5.24. The minimum atomic E-state index is -0.223. The summed E-state index contributed by atoms with van der Waals surface area (Å²) in [7, 11) is 0. The largest absolute Gasteiger partial charge is 0.458 e. The molecule has 1 aliphatic heterocycles. The smallest absolute Gasteiger partial charge is 0.330 e. The molecule has 3 atom stereocenters. The molecule has 0 aromatic carbocycles. The van der Waals surface area contributed by atoms with Crippen LogP contribution in [0, 0.1) is 11.8 Å². The average Bonchev–Trinajstić information content (AvgIpc) is 2.09. The third kappa shape index (κ3) is 2.44. The topological polar surface area (TPSA) is 26.3 Å². The van der Waals surface area contributed by atoms with E-state index in [9.17, 15) is 4.79 Å². The molecule has 72 valence electrons. The second-order valence-electron chi connectivity index (χ2n) is 3.62. The van der Waals surface area contributed by atoms with Gasteiger partial charge in [0, 0.05) is 12.0 Å². The number of ether oxygens (including phenoxy) is 1. The lowest BCUT2D eigenvalue weighted by molar-refractivity contribution is -0.149. The molecule has 2 heteroatoms. The summed E-state index contributed by atoms with van der Waals surface area (Å²) in [5.74, 6) is 0.438. The fourth-order valence-electron chi connectivity index (χ4n) is 1.65. The normalized spacial score (nSPS) is 29.5. The first kappa shape index (κ1) is 10.0. The van der Waals surface area contributed by atoms with Crippen LogP contribution < -0.4 is 0 Å². The summed E-state index contributed by atoms with van der Waals surface area (Å²) in [6.45, 7) is 7.82. The molecule has 2 nitrogen and oxygen atoms in total. The van der Waals surface area contributed by atoms with Gasteiger partial charge in [-0.2, -0.15) is 0 Å². The molecule has 0 radical (unpaired) electrons. The summed E-state index contributed by atoms with van der Waals surface area (Å²) in [5, 5.41) is 0. The Morgan fingerprint density at radius 2 is 2.46 bits per heavy atom. The highest BCUT2D eigenvalue weighted by Crippen LogP contribution is 2.24. The van der Waals surface area contributed by atoms with Gasteiger partial charge in [-0.05, 0) is 12.3 Å². The lowest BCUT2D eigenvalue weighted by Crippen LogP contribution is -2.32. The summed E-state index contributed by atoms with van der Waals surface area (Å²) in [4.78, 5) is 11.0. The van der Waals surface area contributed by atoms with Crippen molar-refractivity contribution < 1.29 is 9.53 Å². The van der Waals surface area contributed by atoms with Crippen LogP contribution in [0.1, 0.15) is 20.3 Å². The van der Waals surface area contributed by atoms with Crippen LogP contribution in [-0.4, -0.2) is 12.1 Å². The number of carbonyl (C=O) groups is 1. The van der Waals surface area contributed by atoms with Gasteiger partial charge in [0.1, 0.15) is 6.10 Å². The van der Waals surface area contributed by atoms with Crippen LogP contribution >= 0.6 is 0 Å². The van der Waals surface area contributed by atoms with Gasteiger partial charge in [0.05, 0.1) is 0 Å². The Balaban J connectivity index is 2.63. The maximum absolute atomic E-state index is 11.0. The van der Waals surface area contributed by atoms with E-state index in [2.05, 4.69) is 20.4 Å². The van der Waals surface area contributed by atoms with Crippen molar-refractivity contribution in [2.75, 3.05) is 0 Å². The number of hydrogen-bond donors (Lipinski definition) is 0. The fraction of sp³-hybridized carbons (Fsp3) is 0.545. The molecule has 0 spiro atoms. The minimum absolute atomic E-state index is 0.00972. The Hall–Kier alpha value is -1.05. The number of hydrogen-bond acceptors (Lipinski definition) is 2. The summed E-state index contributed by atoms with van der Waals surface area (Å²) in [5.41, 5.74) is 0. The Bertz CT molecular complexity index is 230. The van der Waals surface area contributed by atoms with Crippen molar-refractivity contribution in [3.8, 4) is 0 Å². The van der Waals surface area contributed by atoms with Crippen molar-refractivity contribution in [2.45, 2.75) is 26.4 Å². The number of rotatable bonds is 3. The molecule has 0 saturated carbocycles. The average molecular weight is 180 g/mol. The molecule has 13 heavy (non-hydrogen) atoms. The monoisotopic (exact) mass is 180 g/mol. The van der Waals surface area contributed by atoms with Gasteiger partial charge in [-0.15, -0.1) is 6.58 Å². The first-order valence-electron chi connectivity index (χ1n) is 4.65. The molecule has 0 aromatic rings. The van der Waals surface area contributed by atoms with Gasteiger partial charge in [-0.1, -0.05) is 26.0 Å². The SMILES string of the molecule is C=CC[C@H](C)[C@H]1OC(=O)C=C[C@@H]1C. The van der Waals surface area contributed by atoms with E-state index in [0.717, 1.165) is 6.42 Å². The van der Waals surface area contributed by atoms with E-state index < -0.39 is 0 Å². The van der Waals surface area contributed by atoms with Crippen molar-refractivity contribution in [3.05, 3.63) is 24.8 Å². The molecule has 1 heterocycles. The molecular formula is C11H16O2. The molecule has 0 unspecified atom stereocenters. The third-order valence-electron chi connectivity index (χ3n) is 2.41. The highest BCUT2D eigenvalue weighted by atomic mass is 16.5. The van der Waals surface area contributed by atoms with Gasteiger partial charge in [0.15, 0.2) is 0 Å². The standard InChI is InChI=1S/C11H16O2/c1-4-5-8(2)11-9(3)6-7-10(12)13-11/h4,6-9,11H,1,5H2,2-3H3/t8-,9-,11+/m0/s1. The van der Waals surface area contributed by atoms with Crippen molar-refractivity contribution in [1.29, 1.82) is 0 Å². The molecule has 0 saturated heterocycles. The van der Waals surface area contributed by atoms with Crippen LogP contribution in [0.15, 0.2) is 24.8 Å². The predicted octanol–water partition coefficient (Wildman–Crippen LogP) is 2.32. The number of cyclic esters (lactones) is 1. The second kappa shape index (κ2) is 4.26. The van der Waals surface area contributed by atoms with Crippen LogP contribution in [0.25, 0.3) is 0 Å². The highest BCUT2D eigenvalue weighted by molar-refractivity contribution is 5.82. The van der Waals surface area contributed by atoms with Crippen LogP contribution in [-0.2, 0) is 9.53 Å². The van der Waals surface area contributed by atoms with E-state index in [1.807, 2.05) is 12.2 Å². The van der Waals surface area contributed by atoms with Crippen LogP contribution in [0.5, 0.6) is 0 Å². The summed E-state index contributed by atoms with van der Waals surface area (Å²) in [6, 6.07) is 0.